The molecule has 1 atom stereocenters. The summed E-state index contributed by atoms with van der Waals surface area (Å²) in [5.41, 5.74) is 0.613. The molecule has 0 aliphatic heterocycles. The molecule has 1 unspecified atom stereocenters. The molecular weight excluding hydrogens is 264 g/mol. The van der Waals surface area contributed by atoms with E-state index in [1.54, 1.807) is 39.3 Å². The molecule has 108 valence electrons. The maximum atomic E-state index is 12.0. The van der Waals surface area contributed by atoms with Crippen LogP contribution in [0.4, 0.5) is 0 Å². The summed E-state index contributed by atoms with van der Waals surface area (Å²) in [6.07, 6.45) is 2.88. The second-order valence-corrected chi connectivity index (χ2v) is 7.55. The van der Waals surface area contributed by atoms with Gasteiger partial charge in [0.15, 0.2) is 9.84 Å². The van der Waals surface area contributed by atoms with E-state index in [1.807, 2.05) is 6.92 Å². The lowest BCUT2D eigenvalue weighted by molar-refractivity contribution is 0.372. The highest BCUT2D eigenvalue weighted by Gasteiger charge is 2.41. The Morgan fingerprint density at radius 1 is 1.47 bits per heavy atom. The first-order chi connectivity index (χ1) is 8.75. The van der Waals surface area contributed by atoms with Crippen molar-refractivity contribution in [3.05, 3.63) is 24.0 Å². The van der Waals surface area contributed by atoms with Crippen molar-refractivity contribution in [2.24, 2.45) is 0 Å². The Bertz CT molecular complexity index is 526. The quantitative estimate of drug-likeness (QED) is 0.859. The number of methoxy groups -OCH3 is 1. The Labute approximate surface area is 115 Å². The summed E-state index contributed by atoms with van der Waals surface area (Å²) in [5, 5.41) is 3.20. The molecule has 0 aliphatic carbocycles. The lowest BCUT2D eigenvalue weighted by atomic mass is 9.98. The van der Waals surface area contributed by atoms with Gasteiger partial charge in [-0.3, -0.25) is 4.98 Å². The second-order valence-electron chi connectivity index (χ2n) is 4.96. The molecule has 0 saturated carbocycles. The van der Waals surface area contributed by atoms with Crippen LogP contribution in [0.1, 0.15) is 32.5 Å². The lowest BCUT2D eigenvalue weighted by Gasteiger charge is -2.33. The molecule has 1 aromatic rings. The van der Waals surface area contributed by atoms with Gasteiger partial charge in [-0.2, -0.15) is 0 Å². The number of sulfone groups is 1. The molecule has 0 radical (unpaired) electrons. The van der Waals surface area contributed by atoms with Gasteiger partial charge >= 0.3 is 0 Å². The van der Waals surface area contributed by atoms with E-state index in [2.05, 4.69) is 10.3 Å². The number of nitrogens with zero attached hydrogens (tertiary/aromatic N) is 1. The molecule has 19 heavy (non-hydrogen) atoms. The number of hydrogen-bond donors (Lipinski definition) is 1. The third-order valence-corrected chi connectivity index (χ3v) is 5.50. The van der Waals surface area contributed by atoms with Gasteiger partial charge in [0.1, 0.15) is 11.4 Å². The van der Waals surface area contributed by atoms with Crippen molar-refractivity contribution < 1.29 is 13.2 Å². The zero-order valence-corrected chi connectivity index (χ0v) is 12.9. The summed E-state index contributed by atoms with van der Waals surface area (Å²) in [6, 6.07) is 3.12. The monoisotopic (exact) mass is 286 g/mol. The molecule has 0 spiro atoms. The highest BCUT2D eigenvalue weighted by Crippen LogP contribution is 2.35. The molecular formula is C13H22N2O3S. The fourth-order valence-corrected chi connectivity index (χ4v) is 2.51. The van der Waals surface area contributed by atoms with Crippen molar-refractivity contribution in [3.63, 3.8) is 0 Å². The summed E-state index contributed by atoms with van der Waals surface area (Å²) in [5.74, 6) is 0.588. The third-order valence-electron chi connectivity index (χ3n) is 3.35. The average Bonchev–Trinajstić information content (AvgIpc) is 2.34. The Morgan fingerprint density at radius 3 is 2.58 bits per heavy atom. The minimum Gasteiger partial charge on any atom is -0.495 e. The molecule has 1 aromatic heterocycles. The molecule has 5 nitrogen and oxygen atoms in total. The molecule has 0 bridgehead atoms. The first kappa shape index (κ1) is 15.9. The van der Waals surface area contributed by atoms with Gasteiger partial charge in [0, 0.05) is 12.5 Å². The van der Waals surface area contributed by atoms with E-state index in [9.17, 15) is 8.42 Å². The van der Waals surface area contributed by atoms with Crippen molar-refractivity contribution >= 4 is 9.84 Å². The Morgan fingerprint density at radius 2 is 2.11 bits per heavy atom. The van der Waals surface area contributed by atoms with Crippen molar-refractivity contribution in [2.45, 2.75) is 31.6 Å². The first-order valence-electron chi connectivity index (χ1n) is 6.17. The van der Waals surface area contributed by atoms with Gasteiger partial charge in [-0.25, -0.2) is 8.42 Å². The summed E-state index contributed by atoms with van der Waals surface area (Å²) in [4.78, 5) is 4.30. The van der Waals surface area contributed by atoms with E-state index in [0.29, 0.717) is 18.0 Å². The SMILES string of the molecule is CCNC(c1ncccc1OC)C(C)(C)S(C)(=O)=O. The van der Waals surface area contributed by atoms with Gasteiger partial charge in [-0.1, -0.05) is 6.92 Å². The number of hydrogen-bond acceptors (Lipinski definition) is 5. The summed E-state index contributed by atoms with van der Waals surface area (Å²) >= 11 is 0. The van der Waals surface area contributed by atoms with E-state index in [0.717, 1.165) is 0 Å². The molecule has 0 saturated heterocycles. The Hall–Kier alpha value is -1.14. The van der Waals surface area contributed by atoms with Gasteiger partial charge in [0.25, 0.3) is 0 Å². The minimum absolute atomic E-state index is 0.427. The van der Waals surface area contributed by atoms with Crippen LogP contribution in [0.3, 0.4) is 0 Å². The van der Waals surface area contributed by atoms with Crippen molar-refractivity contribution in [3.8, 4) is 5.75 Å². The molecule has 1 N–H and O–H groups in total. The predicted molar refractivity (Wildman–Crippen MR) is 76.1 cm³/mol. The number of aromatic nitrogens is 1. The maximum absolute atomic E-state index is 12.0. The van der Waals surface area contributed by atoms with Crippen LogP contribution in [0, 0.1) is 0 Å². The third kappa shape index (κ3) is 3.25. The Balaban J connectivity index is 3.36. The number of nitrogens with one attached hydrogen (secondary N) is 1. The number of pyridine rings is 1. The highest BCUT2D eigenvalue weighted by atomic mass is 32.2. The molecule has 0 fully saturated rings. The predicted octanol–water partition coefficient (Wildman–Crippen LogP) is 1.56. The maximum Gasteiger partial charge on any atom is 0.154 e. The molecule has 0 amide bonds. The van der Waals surface area contributed by atoms with Crippen molar-refractivity contribution in [1.29, 1.82) is 0 Å². The topological polar surface area (TPSA) is 68.3 Å². The fraction of sp³-hybridized carbons (Fsp3) is 0.615. The van der Waals surface area contributed by atoms with E-state index >= 15 is 0 Å². The van der Waals surface area contributed by atoms with Crippen LogP contribution in [0.15, 0.2) is 18.3 Å². The van der Waals surface area contributed by atoms with E-state index < -0.39 is 20.6 Å². The fourth-order valence-electron chi connectivity index (χ4n) is 1.88. The van der Waals surface area contributed by atoms with E-state index in [-0.39, 0.29) is 0 Å². The van der Waals surface area contributed by atoms with E-state index in [4.69, 9.17) is 4.74 Å². The standard InChI is InChI=1S/C13H22N2O3S/c1-6-14-12(13(2,3)19(5,16)17)11-10(18-4)8-7-9-15-11/h7-9,12,14H,6H2,1-5H3. The van der Waals surface area contributed by atoms with Crippen LogP contribution in [0.2, 0.25) is 0 Å². The molecule has 1 heterocycles. The summed E-state index contributed by atoms with van der Waals surface area (Å²) in [6.45, 7) is 5.97. The van der Waals surface area contributed by atoms with Crippen LogP contribution >= 0.6 is 0 Å². The van der Waals surface area contributed by atoms with Gasteiger partial charge in [0.05, 0.1) is 17.9 Å². The molecule has 6 heteroatoms. The normalized spacial score (nSPS) is 14.2. The van der Waals surface area contributed by atoms with E-state index in [1.165, 1.54) is 6.26 Å². The van der Waals surface area contributed by atoms with Gasteiger partial charge < -0.3 is 10.1 Å². The van der Waals surface area contributed by atoms with Gasteiger partial charge in [-0.15, -0.1) is 0 Å². The summed E-state index contributed by atoms with van der Waals surface area (Å²) < 4.78 is 28.4. The minimum atomic E-state index is -3.25. The first-order valence-corrected chi connectivity index (χ1v) is 8.06. The van der Waals surface area contributed by atoms with Gasteiger partial charge in [0.2, 0.25) is 0 Å². The molecule has 1 rings (SSSR count). The van der Waals surface area contributed by atoms with Crippen LogP contribution in [-0.4, -0.2) is 38.1 Å². The average molecular weight is 286 g/mol. The highest BCUT2D eigenvalue weighted by molar-refractivity contribution is 7.92. The van der Waals surface area contributed by atoms with Crippen molar-refractivity contribution in [2.75, 3.05) is 19.9 Å². The second kappa shape index (κ2) is 5.88. The smallest absolute Gasteiger partial charge is 0.154 e. The largest absolute Gasteiger partial charge is 0.495 e. The molecule has 0 aliphatic rings. The summed E-state index contributed by atoms with van der Waals surface area (Å²) in [7, 11) is -1.70. The van der Waals surface area contributed by atoms with Crippen LogP contribution in [0.5, 0.6) is 5.75 Å². The lowest BCUT2D eigenvalue weighted by Crippen LogP contribution is -2.45. The molecule has 0 aromatic carbocycles. The number of rotatable bonds is 6. The van der Waals surface area contributed by atoms with Gasteiger partial charge in [-0.05, 0) is 32.5 Å². The van der Waals surface area contributed by atoms with Crippen LogP contribution in [0.25, 0.3) is 0 Å². The van der Waals surface area contributed by atoms with Crippen LogP contribution in [-0.2, 0) is 9.84 Å². The number of ether oxygens (including phenoxy) is 1. The van der Waals surface area contributed by atoms with Crippen LogP contribution < -0.4 is 10.1 Å². The van der Waals surface area contributed by atoms with Crippen molar-refractivity contribution in [1.82, 2.24) is 10.3 Å². The Kier molecular flexibility index (Phi) is 4.92. The zero-order chi connectivity index (χ0) is 14.7. The zero-order valence-electron chi connectivity index (χ0n) is 12.1.